The number of likely N-dealkylation sites (tertiary alicyclic amines) is 2. The van der Waals surface area contributed by atoms with Gasteiger partial charge in [0.15, 0.2) is 0 Å². The highest BCUT2D eigenvalue weighted by molar-refractivity contribution is 5.84. The van der Waals surface area contributed by atoms with Crippen LogP contribution in [0, 0.1) is 12.3 Å². The Balaban J connectivity index is 1.40. The first kappa shape index (κ1) is 18.0. The van der Waals surface area contributed by atoms with Gasteiger partial charge in [0.05, 0.1) is 17.8 Å². The van der Waals surface area contributed by atoms with E-state index in [1.165, 1.54) is 0 Å². The molecule has 1 spiro atoms. The number of benzene rings is 1. The summed E-state index contributed by atoms with van der Waals surface area (Å²) < 4.78 is 0. The van der Waals surface area contributed by atoms with Gasteiger partial charge in [-0.2, -0.15) is 5.10 Å². The predicted molar refractivity (Wildman–Crippen MR) is 103 cm³/mol. The van der Waals surface area contributed by atoms with Gasteiger partial charge in [-0.1, -0.05) is 6.07 Å². The molecule has 1 aromatic heterocycles. The van der Waals surface area contributed by atoms with Gasteiger partial charge >= 0.3 is 0 Å². The van der Waals surface area contributed by atoms with Crippen molar-refractivity contribution >= 4 is 23.2 Å². The summed E-state index contributed by atoms with van der Waals surface area (Å²) in [5.74, 6) is 0.0367. The summed E-state index contributed by atoms with van der Waals surface area (Å²) in [6.07, 6.45) is 6.22. The SMILES string of the molecule is Cc1cc(CC(N)C(=O)N2CCC3(CCN(C=O)CC3)C2)cc2cn[nH]c12. The molecule has 1 aromatic carbocycles. The molecule has 0 saturated carbocycles. The topological polar surface area (TPSA) is 95.3 Å². The molecular formula is C20H27N5O2. The fourth-order valence-electron chi connectivity index (χ4n) is 4.64. The second kappa shape index (κ2) is 6.96. The van der Waals surface area contributed by atoms with Crippen molar-refractivity contribution in [1.29, 1.82) is 0 Å². The number of carbonyl (C=O) groups excluding carboxylic acids is 2. The summed E-state index contributed by atoms with van der Waals surface area (Å²) in [5, 5.41) is 8.13. The number of nitrogens with one attached hydrogen (secondary N) is 1. The first-order valence-corrected chi connectivity index (χ1v) is 9.66. The van der Waals surface area contributed by atoms with Crippen LogP contribution in [0.15, 0.2) is 18.3 Å². The standard InChI is InChI=1S/C20H27N5O2/c1-14-8-15(9-16-11-22-23-18(14)16)10-17(21)19(27)25-7-4-20(12-25)2-5-24(13-26)6-3-20/h8-9,11,13,17H,2-7,10,12,21H2,1H3,(H,22,23). The molecule has 2 aliphatic rings. The summed E-state index contributed by atoms with van der Waals surface area (Å²) in [6, 6.07) is 3.60. The minimum absolute atomic E-state index is 0.0367. The van der Waals surface area contributed by atoms with Crippen LogP contribution in [0.5, 0.6) is 0 Å². The molecule has 0 aliphatic carbocycles. The van der Waals surface area contributed by atoms with E-state index in [0.717, 1.165) is 73.9 Å². The summed E-state index contributed by atoms with van der Waals surface area (Å²) in [4.78, 5) is 27.6. The van der Waals surface area contributed by atoms with Crippen molar-refractivity contribution in [3.05, 3.63) is 29.5 Å². The fourth-order valence-corrected chi connectivity index (χ4v) is 4.64. The van der Waals surface area contributed by atoms with Gasteiger partial charge < -0.3 is 15.5 Å². The first-order valence-electron chi connectivity index (χ1n) is 9.66. The average molecular weight is 369 g/mol. The molecule has 1 unspecified atom stereocenters. The highest BCUT2D eigenvalue weighted by Crippen LogP contribution is 2.40. The summed E-state index contributed by atoms with van der Waals surface area (Å²) in [6.45, 7) is 5.16. The lowest BCUT2D eigenvalue weighted by molar-refractivity contribution is -0.132. The van der Waals surface area contributed by atoms with E-state index >= 15 is 0 Å². The highest BCUT2D eigenvalue weighted by Gasteiger charge is 2.42. The molecule has 7 nitrogen and oxygen atoms in total. The Kier molecular flexibility index (Phi) is 4.63. The number of nitrogens with zero attached hydrogens (tertiary/aromatic N) is 3. The Bertz CT molecular complexity index is 853. The van der Waals surface area contributed by atoms with Crippen LogP contribution in [-0.4, -0.2) is 64.5 Å². The number of rotatable bonds is 4. The zero-order valence-corrected chi connectivity index (χ0v) is 15.8. The molecule has 3 heterocycles. The Morgan fingerprint density at radius 1 is 1.33 bits per heavy atom. The number of aromatic amines is 1. The number of carbonyl (C=O) groups is 2. The molecule has 144 valence electrons. The third kappa shape index (κ3) is 3.43. The Labute approximate surface area is 158 Å². The van der Waals surface area contributed by atoms with Gasteiger partial charge in [0.2, 0.25) is 12.3 Å². The number of piperidine rings is 1. The second-order valence-electron chi connectivity index (χ2n) is 8.21. The van der Waals surface area contributed by atoms with E-state index in [2.05, 4.69) is 22.3 Å². The lowest BCUT2D eigenvalue weighted by Crippen LogP contribution is -2.46. The van der Waals surface area contributed by atoms with E-state index in [9.17, 15) is 9.59 Å². The fraction of sp³-hybridized carbons (Fsp3) is 0.550. The summed E-state index contributed by atoms with van der Waals surface area (Å²) >= 11 is 0. The molecular weight excluding hydrogens is 342 g/mol. The molecule has 2 amide bonds. The second-order valence-corrected chi connectivity index (χ2v) is 8.21. The van der Waals surface area contributed by atoms with Gasteiger partial charge in [-0.25, -0.2) is 0 Å². The maximum atomic E-state index is 12.9. The van der Waals surface area contributed by atoms with Crippen LogP contribution in [-0.2, 0) is 16.0 Å². The predicted octanol–water partition coefficient (Wildman–Crippen LogP) is 1.21. The molecule has 1 atom stereocenters. The molecule has 4 rings (SSSR count). The summed E-state index contributed by atoms with van der Waals surface area (Å²) in [7, 11) is 0. The minimum Gasteiger partial charge on any atom is -0.345 e. The third-order valence-corrected chi connectivity index (χ3v) is 6.34. The number of hydrogen-bond donors (Lipinski definition) is 2. The Morgan fingerprint density at radius 3 is 2.81 bits per heavy atom. The Hall–Kier alpha value is -2.41. The van der Waals surface area contributed by atoms with E-state index < -0.39 is 6.04 Å². The highest BCUT2D eigenvalue weighted by atomic mass is 16.2. The maximum Gasteiger partial charge on any atom is 0.239 e. The molecule has 7 heteroatoms. The molecule has 0 radical (unpaired) electrons. The molecule has 2 fully saturated rings. The van der Waals surface area contributed by atoms with Gasteiger partial charge in [-0.3, -0.25) is 14.7 Å². The van der Waals surface area contributed by atoms with Crippen LogP contribution in [0.1, 0.15) is 30.4 Å². The maximum absolute atomic E-state index is 12.9. The Morgan fingerprint density at radius 2 is 2.07 bits per heavy atom. The lowest BCUT2D eigenvalue weighted by Gasteiger charge is -2.37. The molecule has 3 N–H and O–H groups in total. The quantitative estimate of drug-likeness (QED) is 0.792. The van der Waals surface area contributed by atoms with Crippen molar-refractivity contribution in [3.63, 3.8) is 0 Å². The molecule has 2 saturated heterocycles. The first-order chi connectivity index (χ1) is 13.0. The largest absolute Gasteiger partial charge is 0.345 e. The van der Waals surface area contributed by atoms with Gasteiger partial charge in [0.1, 0.15) is 0 Å². The minimum atomic E-state index is -0.529. The molecule has 2 aliphatic heterocycles. The smallest absolute Gasteiger partial charge is 0.239 e. The van der Waals surface area contributed by atoms with Crippen LogP contribution in [0.2, 0.25) is 0 Å². The number of fused-ring (bicyclic) bond motifs is 1. The van der Waals surface area contributed by atoms with Crippen LogP contribution < -0.4 is 5.73 Å². The van der Waals surface area contributed by atoms with Gasteiger partial charge in [-0.05, 0) is 55.2 Å². The molecule has 2 aromatic rings. The number of nitrogens with two attached hydrogens (primary N) is 1. The van der Waals surface area contributed by atoms with E-state index in [1.807, 2.05) is 16.7 Å². The van der Waals surface area contributed by atoms with E-state index in [0.29, 0.717) is 6.42 Å². The van der Waals surface area contributed by atoms with E-state index in [-0.39, 0.29) is 11.3 Å². The molecule has 27 heavy (non-hydrogen) atoms. The number of aromatic nitrogens is 2. The van der Waals surface area contributed by atoms with Gasteiger partial charge in [0, 0.05) is 31.6 Å². The van der Waals surface area contributed by atoms with Crippen molar-refractivity contribution < 1.29 is 9.59 Å². The van der Waals surface area contributed by atoms with Crippen LogP contribution >= 0.6 is 0 Å². The number of hydrogen-bond acceptors (Lipinski definition) is 4. The normalized spacial score (nSPS) is 20.4. The third-order valence-electron chi connectivity index (χ3n) is 6.34. The number of H-pyrrole nitrogens is 1. The van der Waals surface area contributed by atoms with Gasteiger partial charge in [0.25, 0.3) is 0 Å². The lowest BCUT2D eigenvalue weighted by atomic mass is 9.78. The zero-order valence-electron chi connectivity index (χ0n) is 15.8. The van der Waals surface area contributed by atoms with Crippen LogP contribution in [0.25, 0.3) is 10.9 Å². The average Bonchev–Trinajstić information content (AvgIpc) is 3.29. The zero-order chi connectivity index (χ0) is 19.0. The van der Waals surface area contributed by atoms with Crippen molar-refractivity contribution in [2.75, 3.05) is 26.2 Å². The molecule has 0 bridgehead atoms. The van der Waals surface area contributed by atoms with Gasteiger partial charge in [-0.15, -0.1) is 0 Å². The van der Waals surface area contributed by atoms with E-state index in [1.54, 1.807) is 6.20 Å². The number of aryl methyl sites for hydroxylation is 1. The monoisotopic (exact) mass is 369 g/mol. The van der Waals surface area contributed by atoms with Crippen LogP contribution in [0.4, 0.5) is 0 Å². The van der Waals surface area contributed by atoms with Crippen molar-refractivity contribution in [2.24, 2.45) is 11.1 Å². The van der Waals surface area contributed by atoms with Crippen molar-refractivity contribution in [2.45, 2.75) is 38.6 Å². The van der Waals surface area contributed by atoms with E-state index in [4.69, 9.17) is 5.73 Å². The van der Waals surface area contributed by atoms with Crippen molar-refractivity contribution in [3.8, 4) is 0 Å². The number of amides is 2. The van der Waals surface area contributed by atoms with Crippen molar-refractivity contribution in [1.82, 2.24) is 20.0 Å². The summed E-state index contributed by atoms with van der Waals surface area (Å²) in [5.41, 5.74) is 9.67. The van der Waals surface area contributed by atoms with Crippen LogP contribution in [0.3, 0.4) is 0 Å².